The van der Waals surface area contributed by atoms with Gasteiger partial charge in [-0.2, -0.15) is 5.10 Å². The predicted molar refractivity (Wildman–Crippen MR) is 77.6 cm³/mol. The van der Waals surface area contributed by atoms with E-state index in [4.69, 9.17) is 5.84 Å². The fourth-order valence-electron chi connectivity index (χ4n) is 2.95. The van der Waals surface area contributed by atoms with Gasteiger partial charge in [-0.05, 0) is 58.7 Å². The van der Waals surface area contributed by atoms with Gasteiger partial charge in [-0.25, -0.2) is 0 Å². The number of hydrogen-bond acceptors (Lipinski definition) is 4. The number of likely N-dealkylation sites (tertiary alicyclic amines) is 1. The number of rotatable bonds is 6. The van der Waals surface area contributed by atoms with Gasteiger partial charge in [0.05, 0.1) is 6.20 Å². The van der Waals surface area contributed by atoms with Crippen LogP contribution in [-0.4, -0.2) is 39.4 Å². The van der Waals surface area contributed by atoms with E-state index in [2.05, 4.69) is 42.4 Å². The number of hydrogen-bond donors (Lipinski definition) is 2. The summed E-state index contributed by atoms with van der Waals surface area (Å²) in [6, 6.07) is 0.236. The molecule has 5 heteroatoms. The van der Waals surface area contributed by atoms with E-state index in [1.807, 2.05) is 10.9 Å². The van der Waals surface area contributed by atoms with Crippen LogP contribution in [0.15, 0.2) is 12.4 Å². The Bertz CT molecular complexity index is 392. The second-order valence-corrected chi connectivity index (χ2v) is 5.98. The lowest BCUT2D eigenvalue weighted by molar-refractivity contribution is 0.106. The van der Waals surface area contributed by atoms with E-state index in [0.29, 0.717) is 0 Å². The zero-order valence-corrected chi connectivity index (χ0v) is 12.4. The molecule has 1 fully saturated rings. The van der Waals surface area contributed by atoms with Crippen molar-refractivity contribution >= 4 is 0 Å². The SMILES string of the molecule is CCn1cc(CC(NN)C(C)(C)N2CCCC2)cn1. The molecule has 1 unspecified atom stereocenters. The molecule has 1 aromatic rings. The van der Waals surface area contributed by atoms with Gasteiger partial charge in [0.15, 0.2) is 0 Å². The van der Waals surface area contributed by atoms with Crippen LogP contribution >= 0.6 is 0 Å². The molecule has 0 amide bonds. The predicted octanol–water partition coefficient (Wildman–Crippen LogP) is 1.15. The summed E-state index contributed by atoms with van der Waals surface area (Å²) in [7, 11) is 0. The average molecular weight is 265 g/mol. The number of nitrogens with one attached hydrogen (secondary N) is 1. The quantitative estimate of drug-likeness (QED) is 0.598. The Labute approximate surface area is 116 Å². The zero-order valence-electron chi connectivity index (χ0n) is 12.4. The lowest BCUT2D eigenvalue weighted by atomic mass is 9.89. The second-order valence-electron chi connectivity index (χ2n) is 5.98. The van der Waals surface area contributed by atoms with Crippen molar-refractivity contribution < 1.29 is 0 Å². The van der Waals surface area contributed by atoms with Gasteiger partial charge in [0.25, 0.3) is 0 Å². The lowest BCUT2D eigenvalue weighted by Crippen LogP contribution is -2.59. The molecule has 5 nitrogen and oxygen atoms in total. The first-order valence-corrected chi connectivity index (χ1v) is 7.30. The van der Waals surface area contributed by atoms with E-state index in [0.717, 1.165) is 13.0 Å². The molecule has 1 atom stereocenters. The van der Waals surface area contributed by atoms with Gasteiger partial charge >= 0.3 is 0 Å². The van der Waals surface area contributed by atoms with Crippen LogP contribution in [0.25, 0.3) is 0 Å². The molecule has 0 saturated carbocycles. The molecule has 0 bridgehead atoms. The molecule has 2 rings (SSSR count). The highest BCUT2D eigenvalue weighted by molar-refractivity contribution is 5.10. The summed E-state index contributed by atoms with van der Waals surface area (Å²) in [5.74, 6) is 5.81. The smallest absolute Gasteiger partial charge is 0.0522 e. The molecular weight excluding hydrogens is 238 g/mol. The maximum absolute atomic E-state index is 5.81. The first-order chi connectivity index (χ1) is 9.07. The minimum atomic E-state index is 0.0690. The van der Waals surface area contributed by atoms with Crippen LogP contribution in [0.5, 0.6) is 0 Å². The van der Waals surface area contributed by atoms with Crippen molar-refractivity contribution in [3.63, 3.8) is 0 Å². The van der Waals surface area contributed by atoms with E-state index in [1.165, 1.54) is 31.5 Å². The summed E-state index contributed by atoms with van der Waals surface area (Å²) < 4.78 is 1.96. The van der Waals surface area contributed by atoms with Gasteiger partial charge in [0.1, 0.15) is 0 Å². The summed E-state index contributed by atoms with van der Waals surface area (Å²) >= 11 is 0. The second kappa shape index (κ2) is 6.03. The van der Waals surface area contributed by atoms with E-state index in [-0.39, 0.29) is 11.6 Å². The first-order valence-electron chi connectivity index (χ1n) is 7.30. The molecule has 0 radical (unpaired) electrons. The van der Waals surface area contributed by atoms with Gasteiger partial charge < -0.3 is 0 Å². The molecule has 19 heavy (non-hydrogen) atoms. The normalized spacial score (nSPS) is 18.9. The van der Waals surface area contributed by atoms with Crippen molar-refractivity contribution in [3.8, 4) is 0 Å². The molecule has 1 aliphatic rings. The Morgan fingerprint density at radius 3 is 2.63 bits per heavy atom. The van der Waals surface area contributed by atoms with E-state index in [9.17, 15) is 0 Å². The topological polar surface area (TPSA) is 59.1 Å². The van der Waals surface area contributed by atoms with Gasteiger partial charge in [0.2, 0.25) is 0 Å². The molecule has 1 aromatic heterocycles. The Kier molecular flexibility index (Phi) is 4.60. The van der Waals surface area contributed by atoms with Gasteiger partial charge in [-0.3, -0.25) is 20.9 Å². The van der Waals surface area contributed by atoms with Gasteiger partial charge in [-0.15, -0.1) is 0 Å². The molecule has 1 aliphatic heterocycles. The summed E-state index contributed by atoms with van der Waals surface area (Å²) in [6.07, 6.45) is 7.58. The minimum absolute atomic E-state index is 0.0690. The Hall–Kier alpha value is -0.910. The van der Waals surface area contributed by atoms with E-state index >= 15 is 0 Å². The highest BCUT2D eigenvalue weighted by Crippen LogP contribution is 2.25. The van der Waals surface area contributed by atoms with Crippen molar-refractivity contribution in [2.45, 2.75) is 58.2 Å². The molecule has 108 valence electrons. The zero-order chi connectivity index (χ0) is 13.9. The molecule has 3 N–H and O–H groups in total. The molecular formula is C14H27N5. The Balaban J connectivity index is 2.05. The maximum atomic E-state index is 5.81. The van der Waals surface area contributed by atoms with Crippen LogP contribution in [0.2, 0.25) is 0 Å². The van der Waals surface area contributed by atoms with Crippen LogP contribution in [0.1, 0.15) is 39.2 Å². The van der Waals surface area contributed by atoms with Crippen molar-refractivity contribution in [1.29, 1.82) is 0 Å². The van der Waals surface area contributed by atoms with Crippen LogP contribution < -0.4 is 11.3 Å². The summed E-state index contributed by atoms with van der Waals surface area (Å²) in [5, 5.41) is 4.34. The lowest BCUT2D eigenvalue weighted by Gasteiger charge is -2.41. The van der Waals surface area contributed by atoms with Crippen molar-refractivity contribution in [2.75, 3.05) is 13.1 Å². The van der Waals surface area contributed by atoms with Gasteiger partial charge in [0, 0.05) is 24.3 Å². The van der Waals surface area contributed by atoms with Gasteiger partial charge in [-0.1, -0.05) is 0 Å². The number of aromatic nitrogens is 2. The van der Waals surface area contributed by atoms with E-state index < -0.39 is 0 Å². The fourth-order valence-corrected chi connectivity index (χ4v) is 2.95. The largest absolute Gasteiger partial charge is 0.297 e. The molecule has 0 spiro atoms. The van der Waals surface area contributed by atoms with Crippen LogP contribution in [0.4, 0.5) is 0 Å². The molecule has 0 aromatic carbocycles. The third-order valence-electron chi connectivity index (χ3n) is 4.43. The fraction of sp³-hybridized carbons (Fsp3) is 0.786. The van der Waals surface area contributed by atoms with Crippen LogP contribution in [-0.2, 0) is 13.0 Å². The van der Waals surface area contributed by atoms with E-state index in [1.54, 1.807) is 0 Å². The Morgan fingerprint density at radius 1 is 1.42 bits per heavy atom. The average Bonchev–Trinajstić information content (AvgIpc) is 3.06. The third-order valence-corrected chi connectivity index (χ3v) is 4.43. The summed E-state index contributed by atoms with van der Waals surface area (Å²) in [4.78, 5) is 2.54. The molecule has 1 saturated heterocycles. The minimum Gasteiger partial charge on any atom is -0.297 e. The Morgan fingerprint density at radius 2 is 2.11 bits per heavy atom. The maximum Gasteiger partial charge on any atom is 0.0522 e. The number of nitrogens with two attached hydrogens (primary N) is 1. The first kappa shape index (κ1) is 14.5. The number of aryl methyl sites for hydroxylation is 1. The van der Waals surface area contributed by atoms with Crippen LogP contribution in [0, 0.1) is 0 Å². The number of nitrogens with zero attached hydrogens (tertiary/aromatic N) is 3. The summed E-state index contributed by atoms with van der Waals surface area (Å²) in [6.45, 7) is 9.94. The number of hydrazine groups is 1. The summed E-state index contributed by atoms with van der Waals surface area (Å²) in [5.41, 5.74) is 4.33. The van der Waals surface area contributed by atoms with Crippen LogP contribution in [0.3, 0.4) is 0 Å². The van der Waals surface area contributed by atoms with Crippen molar-refractivity contribution in [2.24, 2.45) is 5.84 Å². The molecule has 0 aliphatic carbocycles. The monoisotopic (exact) mass is 265 g/mol. The third kappa shape index (κ3) is 3.16. The highest BCUT2D eigenvalue weighted by atomic mass is 15.3. The standard InChI is InChI=1S/C14H27N5/c1-4-19-11-12(10-16-19)9-13(17-15)14(2,3)18-7-5-6-8-18/h10-11,13,17H,4-9,15H2,1-3H3. The van der Waals surface area contributed by atoms with Crippen molar-refractivity contribution in [1.82, 2.24) is 20.1 Å². The van der Waals surface area contributed by atoms with Crippen molar-refractivity contribution in [3.05, 3.63) is 18.0 Å². The highest BCUT2D eigenvalue weighted by Gasteiger charge is 2.36. The molecule has 2 heterocycles.